The Morgan fingerprint density at radius 3 is 2.13 bits per heavy atom. The molecule has 1 aliphatic rings. The van der Waals surface area contributed by atoms with Crippen LogP contribution in [0.15, 0.2) is 46.1 Å². The van der Waals surface area contributed by atoms with Crippen molar-refractivity contribution >= 4 is 0 Å². The molecule has 1 nitrogen and oxygen atoms in total. The summed E-state index contributed by atoms with van der Waals surface area (Å²) in [5.41, 5.74) is 7.95. The molecule has 0 aliphatic heterocycles. The standard InChI is InChI=1S/C29H50O/c1-22(2)12-9-13-24(5)14-10-15-25(6)19-20-29(8)26(7)17-18-27(23(3)4)28(29)16-11-21-30/h12,14,19,26,28,30H,9-11,13,15-18,20-21H2,1-8H3/b24-14+,25-19+/t26-,28-,29-/m1/s1. The maximum Gasteiger partial charge on any atom is 0.0431 e. The van der Waals surface area contributed by atoms with E-state index in [0.29, 0.717) is 17.9 Å². The van der Waals surface area contributed by atoms with Crippen molar-refractivity contribution in [2.75, 3.05) is 6.61 Å². The van der Waals surface area contributed by atoms with Crippen LogP contribution in [0, 0.1) is 17.3 Å². The molecule has 3 atom stereocenters. The fourth-order valence-corrected chi connectivity index (χ4v) is 5.09. The van der Waals surface area contributed by atoms with Crippen molar-refractivity contribution in [3.8, 4) is 0 Å². The Balaban J connectivity index is 2.77. The van der Waals surface area contributed by atoms with Gasteiger partial charge in [0, 0.05) is 6.61 Å². The van der Waals surface area contributed by atoms with E-state index in [1.807, 2.05) is 0 Å². The first-order valence-electron chi connectivity index (χ1n) is 12.3. The molecule has 0 aromatic carbocycles. The SMILES string of the molecule is CC(C)=CCC/C(C)=C/CC/C(C)=C/C[C@]1(C)[C@H](C)CCC(=C(C)C)[C@H]1CCCO. The van der Waals surface area contributed by atoms with Gasteiger partial charge in [-0.3, -0.25) is 0 Å². The van der Waals surface area contributed by atoms with E-state index < -0.39 is 0 Å². The first-order chi connectivity index (χ1) is 14.1. The second-order valence-corrected chi connectivity index (χ2v) is 10.6. The van der Waals surface area contributed by atoms with Crippen molar-refractivity contribution in [3.05, 3.63) is 46.1 Å². The van der Waals surface area contributed by atoms with Crippen molar-refractivity contribution < 1.29 is 5.11 Å². The van der Waals surface area contributed by atoms with Crippen molar-refractivity contribution in [2.45, 2.75) is 113 Å². The second kappa shape index (κ2) is 13.4. The van der Waals surface area contributed by atoms with Crippen LogP contribution in [-0.2, 0) is 0 Å². The number of hydrogen-bond acceptors (Lipinski definition) is 1. The number of rotatable bonds is 11. The van der Waals surface area contributed by atoms with Crippen molar-refractivity contribution in [1.82, 2.24) is 0 Å². The lowest BCUT2D eigenvalue weighted by atomic mass is 9.56. The zero-order valence-corrected chi connectivity index (χ0v) is 21.4. The molecule has 1 fully saturated rings. The first-order valence-corrected chi connectivity index (χ1v) is 12.3. The smallest absolute Gasteiger partial charge is 0.0431 e. The maximum atomic E-state index is 9.46. The quantitative estimate of drug-likeness (QED) is 0.334. The van der Waals surface area contributed by atoms with Crippen molar-refractivity contribution in [3.63, 3.8) is 0 Å². The minimum absolute atomic E-state index is 0.303. The Bertz CT molecular complexity index is 637. The van der Waals surface area contributed by atoms with Gasteiger partial charge >= 0.3 is 0 Å². The van der Waals surface area contributed by atoms with Crippen LogP contribution < -0.4 is 0 Å². The highest BCUT2D eigenvalue weighted by Gasteiger charge is 2.43. The van der Waals surface area contributed by atoms with Crippen LogP contribution in [0.3, 0.4) is 0 Å². The Kier molecular flexibility index (Phi) is 12.0. The average Bonchev–Trinajstić information content (AvgIpc) is 2.67. The minimum Gasteiger partial charge on any atom is -0.396 e. The summed E-state index contributed by atoms with van der Waals surface area (Å²) in [5, 5.41) is 9.46. The summed E-state index contributed by atoms with van der Waals surface area (Å²) in [6.07, 6.45) is 17.7. The first kappa shape index (κ1) is 27.0. The molecule has 0 amide bonds. The summed E-state index contributed by atoms with van der Waals surface area (Å²) in [5.74, 6) is 1.34. The molecule has 0 bridgehead atoms. The Hall–Kier alpha value is -1.08. The molecule has 0 aromatic heterocycles. The number of aliphatic hydroxyl groups is 1. The van der Waals surface area contributed by atoms with E-state index in [1.54, 1.807) is 5.57 Å². The largest absolute Gasteiger partial charge is 0.396 e. The summed E-state index contributed by atoms with van der Waals surface area (Å²) < 4.78 is 0. The Morgan fingerprint density at radius 1 is 0.967 bits per heavy atom. The molecule has 1 saturated carbocycles. The van der Waals surface area contributed by atoms with E-state index >= 15 is 0 Å². The van der Waals surface area contributed by atoms with Crippen LogP contribution in [0.25, 0.3) is 0 Å². The monoisotopic (exact) mass is 414 g/mol. The molecule has 0 heterocycles. The predicted molar refractivity (Wildman–Crippen MR) is 135 cm³/mol. The van der Waals surface area contributed by atoms with E-state index in [-0.39, 0.29) is 0 Å². The molecule has 1 rings (SSSR count). The third-order valence-corrected chi connectivity index (χ3v) is 7.50. The summed E-state index contributed by atoms with van der Waals surface area (Å²) in [7, 11) is 0. The van der Waals surface area contributed by atoms with Gasteiger partial charge in [-0.1, -0.05) is 59.9 Å². The van der Waals surface area contributed by atoms with Gasteiger partial charge in [-0.25, -0.2) is 0 Å². The molecule has 0 unspecified atom stereocenters. The lowest BCUT2D eigenvalue weighted by molar-refractivity contribution is 0.0801. The van der Waals surface area contributed by atoms with Crippen LogP contribution in [0.2, 0.25) is 0 Å². The molecule has 1 heteroatoms. The van der Waals surface area contributed by atoms with E-state index in [9.17, 15) is 5.11 Å². The molecule has 0 saturated heterocycles. The van der Waals surface area contributed by atoms with Crippen LogP contribution in [0.4, 0.5) is 0 Å². The van der Waals surface area contributed by atoms with Gasteiger partial charge in [0.25, 0.3) is 0 Å². The fourth-order valence-electron chi connectivity index (χ4n) is 5.09. The Morgan fingerprint density at radius 2 is 1.57 bits per heavy atom. The van der Waals surface area contributed by atoms with Gasteiger partial charge in [0.05, 0.1) is 0 Å². The maximum absolute atomic E-state index is 9.46. The third kappa shape index (κ3) is 8.58. The molecular weight excluding hydrogens is 364 g/mol. The van der Waals surface area contributed by atoms with E-state index in [2.05, 4.69) is 73.6 Å². The van der Waals surface area contributed by atoms with Crippen molar-refractivity contribution in [1.29, 1.82) is 0 Å². The zero-order valence-electron chi connectivity index (χ0n) is 21.4. The normalized spacial score (nSPS) is 25.4. The van der Waals surface area contributed by atoms with Crippen LogP contribution >= 0.6 is 0 Å². The van der Waals surface area contributed by atoms with Gasteiger partial charge in [-0.05, 0) is 117 Å². The highest BCUT2D eigenvalue weighted by atomic mass is 16.2. The van der Waals surface area contributed by atoms with Crippen LogP contribution in [-0.4, -0.2) is 11.7 Å². The number of aliphatic hydroxyl groups excluding tert-OH is 1. The Labute approximate surface area is 188 Å². The highest BCUT2D eigenvalue weighted by molar-refractivity contribution is 5.21. The van der Waals surface area contributed by atoms with Crippen LogP contribution in [0.1, 0.15) is 113 Å². The molecule has 1 aliphatic carbocycles. The summed E-state index contributed by atoms with van der Waals surface area (Å²) in [6, 6.07) is 0. The molecule has 0 radical (unpaired) electrons. The van der Waals surface area contributed by atoms with Gasteiger partial charge in [0.1, 0.15) is 0 Å². The summed E-state index contributed by atoms with van der Waals surface area (Å²) >= 11 is 0. The van der Waals surface area contributed by atoms with E-state index in [0.717, 1.165) is 38.0 Å². The fraction of sp³-hybridized carbons (Fsp3) is 0.724. The second-order valence-electron chi connectivity index (χ2n) is 10.6. The third-order valence-electron chi connectivity index (χ3n) is 7.50. The lowest BCUT2D eigenvalue weighted by Gasteiger charge is -2.48. The van der Waals surface area contributed by atoms with Gasteiger partial charge in [-0.2, -0.15) is 0 Å². The average molecular weight is 415 g/mol. The molecule has 1 N–H and O–H groups in total. The topological polar surface area (TPSA) is 20.2 Å². The zero-order chi connectivity index (χ0) is 22.7. The van der Waals surface area contributed by atoms with Gasteiger partial charge in [0.2, 0.25) is 0 Å². The number of allylic oxidation sites excluding steroid dienone is 8. The van der Waals surface area contributed by atoms with Gasteiger partial charge < -0.3 is 5.11 Å². The van der Waals surface area contributed by atoms with E-state index in [4.69, 9.17) is 0 Å². The lowest BCUT2D eigenvalue weighted by Crippen LogP contribution is -2.39. The van der Waals surface area contributed by atoms with Gasteiger partial charge in [0.15, 0.2) is 0 Å². The molecular formula is C29H50O. The molecule has 30 heavy (non-hydrogen) atoms. The minimum atomic E-state index is 0.303. The number of hydrogen-bond donors (Lipinski definition) is 1. The van der Waals surface area contributed by atoms with Crippen LogP contribution in [0.5, 0.6) is 0 Å². The molecule has 0 aromatic rings. The van der Waals surface area contributed by atoms with Crippen molar-refractivity contribution in [2.24, 2.45) is 17.3 Å². The highest BCUT2D eigenvalue weighted by Crippen LogP contribution is 2.53. The van der Waals surface area contributed by atoms with E-state index in [1.165, 1.54) is 48.0 Å². The predicted octanol–water partition coefficient (Wildman–Crippen LogP) is 8.96. The summed E-state index contributed by atoms with van der Waals surface area (Å²) in [4.78, 5) is 0. The van der Waals surface area contributed by atoms with Gasteiger partial charge in [-0.15, -0.1) is 0 Å². The summed E-state index contributed by atoms with van der Waals surface area (Å²) in [6.45, 7) is 18.8. The molecule has 0 spiro atoms. The molecule has 172 valence electrons.